The molecule has 0 bridgehead atoms. The van der Waals surface area contributed by atoms with Crippen LogP contribution in [0.4, 0.5) is 0 Å². The highest BCUT2D eigenvalue weighted by molar-refractivity contribution is 5.41. The molecule has 0 radical (unpaired) electrons. The molecule has 2 rings (SSSR count). The van der Waals surface area contributed by atoms with Crippen molar-refractivity contribution in [1.82, 2.24) is 0 Å². The predicted molar refractivity (Wildman–Crippen MR) is 88.9 cm³/mol. The summed E-state index contributed by atoms with van der Waals surface area (Å²) in [6.45, 7) is 7.76. The van der Waals surface area contributed by atoms with Crippen molar-refractivity contribution >= 4 is 0 Å². The molecule has 0 aliphatic carbocycles. The standard InChI is InChI=1S/C18H28O6/c1-5-10-6-7-12(11(8-10)18(2,3)4)23-17-16(22)15(21)14(20)13(9-19)24-17/h6-8,13-17,19-22H,5,9H2,1-4H3/t13-,14+,15+,16+,17-/m1/s1. The first-order valence-corrected chi connectivity index (χ1v) is 8.29. The van der Waals surface area contributed by atoms with E-state index >= 15 is 0 Å². The molecule has 24 heavy (non-hydrogen) atoms. The van der Waals surface area contributed by atoms with Gasteiger partial charge in [0.05, 0.1) is 6.61 Å². The molecule has 6 heteroatoms. The van der Waals surface area contributed by atoms with Gasteiger partial charge in [0.1, 0.15) is 30.2 Å². The Balaban J connectivity index is 2.30. The molecule has 0 amide bonds. The van der Waals surface area contributed by atoms with E-state index in [9.17, 15) is 20.4 Å². The smallest absolute Gasteiger partial charge is 0.229 e. The van der Waals surface area contributed by atoms with Crippen LogP contribution in [-0.2, 0) is 16.6 Å². The van der Waals surface area contributed by atoms with Gasteiger partial charge in [0.15, 0.2) is 0 Å². The van der Waals surface area contributed by atoms with E-state index in [-0.39, 0.29) is 5.41 Å². The fourth-order valence-electron chi connectivity index (χ4n) is 2.78. The average Bonchev–Trinajstić information content (AvgIpc) is 2.54. The average molecular weight is 340 g/mol. The summed E-state index contributed by atoms with van der Waals surface area (Å²) in [5.74, 6) is 0.545. The summed E-state index contributed by atoms with van der Waals surface area (Å²) >= 11 is 0. The summed E-state index contributed by atoms with van der Waals surface area (Å²) < 4.78 is 11.2. The maximum atomic E-state index is 10.1. The maximum Gasteiger partial charge on any atom is 0.229 e. The van der Waals surface area contributed by atoms with E-state index in [0.29, 0.717) is 5.75 Å². The highest BCUT2D eigenvalue weighted by atomic mass is 16.7. The third-order valence-corrected chi connectivity index (χ3v) is 4.35. The molecule has 1 aromatic rings. The Morgan fingerprint density at radius 3 is 2.29 bits per heavy atom. The van der Waals surface area contributed by atoms with Crippen molar-refractivity contribution in [2.75, 3.05) is 6.61 Å². The number of hydrogen-bond acceptors (Lipinski definition) is 6. The molecule has 0 unspecified atom stereocenters. The van der Waals surface area contributed by atoms with Crippen molar-refractivity contribution in [3.63, 3.8) is 0 Å². The number of aliphatic hydroxyl groups excluding tert-OH is 4. The Morgan fingerprint density at radius 1 is 1.08 bits per heavy atom. The van der Waals surface area contributed by atoms with E-state index in [2.05, 4.69) is 33.8 Å². The van der Waals surface area contributed by atoms with Gasteiger partial charge < -0.3 is 29.9 Å². The van der Waals surface area contributed by atoms with Gasteiger partial charge in [-0.05, 0) is 29.0 Å². The van der Waals surface area contributed by atoms with Crippen LogP contribution >= 0.6 is 0 Å². The van der Waals surface area contributed by atoms with Gasteiger partial charge in [0.25, 0.3) is 0 Å². The molecule has 1 aliphatic rings. The first-order valence-electron chi connectivity index (χ1n) is 8.29. The minimum atomic E-state index is -1.45. The van der Waals surface area contributed by atoms with Crippen molar-refractivity contribution in [3.8, 4) is 5.75 Å². The predicted octanol–water partition coefficient (Wildman–Crippen LogP) is 0.725. The lowest BCUT2D eigenvalue weighted by atomic mass is 9.85. The monoisotopic (exact) mass is 340 g/mol. The summed E-state index contributed by atoms with van der Waals surface area (Å²) in [6.07, 6.45) is -5.52. The van der Waals surface area contributed by atoms with Crippen LogP contribution in [0.3, 0.4) is 0 Å². The van der Waals surface area contributed by atoms with Crippen LogP contribution in [0.5, 0.6) is 5.75 Å². The SMILES string of the molecule is CCc1ccc(O[C@@H]2O[C@H](CO)[C@H](O)[C@H](O)[C@@H]2O)c(C(C)(C)C)c1. The van der Waals surface area contributed by atoms with Crippen LogP contribution in [0.15, 0.2) is 18.2 Å². The Labute approximate surface area is 142 Å². The highest BCUT2D eigenvalue weighted by Gasteiger charge is 2.45. The van der Waals surface area contributed by atoms with Gasteiger partial charge in [-0.2, -0.15) is 0 Å². The summed E-state index contributed by atoms with van der Waals surface area (Å²) in [6, 6.07) is 5.81. The second-order valence-electron chi connectivity index (χ2n) is 7.25. The molecule has 4 N–H and O–H groups in total. The van der Waals surface area contributed by atoms with Crippen LogP contribution in [0, 0.1) is 0 Å². The Hall–Kier alpha value is -1.18. The zero-order valence-corrected chi connectivity index (χ0v) is 14.6. The van der Waals surface area contributed by atoms with E-state index in [0.717, 1.165) is 12.0 Å². The second kappa shape index (κ2) is 7.37. The minimum Gasteiger partial charge on any atom is -0.462 e. The molecule has 0 aromatic heterocycles. The molecular formula is C18H28O6. The van der Waals surface area contributed by atoms with E-state index in [1.54, 1.807) is 0 Å². The number of aryl methyl sites for hydroxylation is 1. The molecule has 1 saturated heterocycles. The van der Waals surface area contributed by atoms with Crippen LogP contribution in [0.25, 0.3) is 0 Å². The third-order valence-electron chi connectivity index (χ3n) is 4.35. The normalized spacial score (nSPS) is 31.1. The molecule has 1 fully saturated rings. The maximum absolute atomic E-state index is 10.1. The van der Waals surface area contributed by atoms with Crippen LogP contribution in [0.2, 0.25) is 0 Å². The van der Waals surface area contributed by atoms with Crippen molar-refractivity contribution < 1.29 is 29.9 Å². The van der Waals surface area contributed by atoms with Crippen LogP contribution < -0.4 is 4.74 Å². The Bertz CT molecular complexity index is 551. The fraction of sp³-hybridized carbons (Fsp3) is 0.667. The van der Waals surface area contributed by atoms with E-state index < -0.39 is 37.3 Å². The Kier molecular flexibility index (Phi) is 5.88. The first-order chi connectivity index (χ1) is 11.2. The number of benzene rings is 1. The van der Waals surface area contributed by atoms with Crippen molar-refractivity contribution in [2.45, 2.75) is 70.2 Å². The quantitative estimate of drug-likeness (QED) is 0.645. The fourth-order valence-corrected chi connectivity index (χ4v) is 2.78. The minimum absolute atomic E-state index is 0.186. The zero-order valence-electron chi connectivity index (χ0n) is 14.6. The molecule has 6 nitrogen and oxygen atoms in total. The second-order valence-corrected chi connectivity index (χ2v) is 7.25. The van der Waals surface area contributed by atoms with Gasteiger partial charge in [-0.3, -0.25) is 0 Å². The van der Waals surface area contributed by atoms with Gasteiger partial charge in [0.2, 0.25) is 6.29 Å². The van der Waals surface area contributed by atoms with Gasteiger partial charge in [0, 0.05) is 0 Å². The largest absolute Gasteiger partial charge is 0.462 e. The van der Waals surface area contributed by atoms with Crippen LogP contribution in [0.1, 0.15) is 38.8 Å². The summed E-state index contributed by atoms with van der Waals surface area (Å²) in [5, 5.41) is 39.1. The van der Waals surface area contributed by atoms with Gasteiger partial charge >= 0.3 is 0 Å². The number of aliphatic hydroxyl groups is 4. The van der Waals surface area contributed by atoms with Crippen molar-refractivity contribution in [1.29, 1.82) is 0 Å². The molecule has 5 atom stereocenters. The summed E-state index contributed by atoms with van der Waals surface area (Å²) in [5.41, 5.74) is 1.94. The van der Waals surface area contributed by atoms with E-state index in [4.69, 9.17) is 9.47 Å². The molecular weight excluding hydrogens is 312 g/mol. The number of hydrogen-bond donors (Lipinski definition) is 4. The van der Waals surface area contributed by atoms with Gasteiger partial charge in [-0.25, -0.2) is 0 Å². The molecule has 136 valence electrons. The zero-order chi connectivity index (χ0) is 18.1. The van der Waals surface area contributed by atoms with Gasteiger partial charge in [-0.15, -0.1) is 0 Å². The molecule has 1 heterocycles. The lowest BCUT2D eigenvalue weighted by Gasteiger charge is -2.40. The Morgan fingerprint density at radius 2 is 1.75 bits per heavy atom. The number of rotatable bonds is 4. The molecule has 1 aliphatic heterocycles. The highest BCUT2D eigenvalue weighted by Crippen LogP contribution is 2.34. The lowest BCUT2D eigenvalue weighted by Crippen LogP contribution is -2.60. The molecule has 0 saturated carbocycles. The molecule has 1 aromatic carbocycles. The van der Waals surface area contributed by atoms with Crippen molar-refractivity contribution in [3.05, 3.63) is 29.3 Å². The first kappa shape index (κ1) is 19.1. The topological polar surface area (TPSA) is 99.4 Å². The van der Waals surface area contributed by atoms with Crippen molar-refractivity contribution in [2.24, 2.45) is 0 Å². The van der Waals surface area contributed by atoms with Gasteiger partial charge in [-0.1, -0.05) is 39.8 Å². The lowest BCUT2D eigenvalue weighted by molar-refractivity contribution is -0.277. The third kappa shape index (κ3) is 3.90. The van der Waals surface area contributed by atoms with E-state index in [1.165, 1.54) is 5.56 Å². The van der Waals surface area contributed by atoms with E-state index in [1.807, 2.05) is 12.1 Å². The molecule has 0 spiro atoms. The summed E-state index contributed by atoms with van der Waals surface area (Å²) in [4.78, 5) is 0. The van der Waals surface area contributed by atoms with Crippen LogP contribution in [-0.4, -0.2) is 57.7 Å². The number of ether oxygens (including phenoxy) is 2. The summed E-state index contributed by atoms with van der Waals surface area (Å²) in [7, 11) is 0.